The minimum Gasteiger partial charge on any atom is -0.480 e. The molecule has 0 spiro atoms. The second kappa shape index (κ2) is 5.39. The van der Waals surface area contributed by atoms with Crippen molar-refractivity contribution in [3.8, 4) is 5.75 Å². The van der Waals surface area contributed by atoms with E-state index in [9.17, 15) is 4.79 Å². The predicted octanol–water partition coefficient (Wildman–Crippen LogP) is 1.90. The Kier molecular flexibility index (Phi) is 4.16. The number of hydrogen-bond donors (Lipinski definition) is 1. The highest BCUT2D eigenvalue weighted by atomic mass is 16.5. The van der Waals surface area contributed by atoms with E-state index in [0.29, 0.717) is 6.42 Å². The lowest BCUT2D eigenvalue weighted by molar-refractivity contribution is -0.127. The summed E-state index contributed by atoms with van der Waals surface area (Å²) in [6.07, 6.45) is 0.254. The van der Waals surface area contributed by atoms with E-state index in [-0.39, 0.29) is 5.91 Å². The Morgan fingerprint density at radius 2 is 2.13 bits per heavy atom. The molecule has 0 aliphatic carbocycles. The van der Waals surface area contributed by atoms with Crippen LogP contribution in [0.4, 0.5) is 0 Å². The van der Waals surface area contributed by atoms with Gasteiger partial charge in [-0.25, -0.2) is 0 Å². The molecule has 0 heterocycles. The Morgan fingerprint density at radius 3 is 2.67 bits per heavy atom. The number of benzene rings is 1. The first-order valence-corrected chi connectivity index (χ1v) is 5.13. The van der Waals surface area contributed by atoms with Gasteiger partial charge >= 0.3 is 0 Å². The fourth-order valence-electron chi connectivity index (χ4n) is 1.33. The van der Waals surface area contributed by atoms with Crippen molar-refractivity contribution in [1.29, 1.82) is 0 Å². The van der Waals surface area contributed by atoms with Crippen molar-refractivity contribution in [3.05, 3.63) is 29.8 Å². The van der Waals surface area contributed by atoms with E-state index in [1.165, 1.54) is 0 Å². The van der Waals surface area contributed by atoms with Gasteiger partial charge in [0.05, 0.1) is 0 Å². The topological polar surface area (TPSA) is 38.3 Å². The quantitative estimate of drug-likeness (QED) is 0.819. The third-order valence-electron chi connectivity index (χ3n) is 2.27. The molecule has 1 atom stereocenters. The molecule has 0 radical (unpaired) electrons. The standard InChI is InChI=1S/C12H17NO2/c1-4-10(12(14)13-3)15-11-8-6-5-7-9(11)2/h5-8,10H,4H2,1-3H3,(H,13,14). The molecule has 1 unspecified atom stereocenters. The third-order valence-corrected chi connectivity index (χ3v) is 2.27. The van der Waals surface area contributed by atoms with Crippen LogP contribution in [-0.2, 0) is 4.79 Å². The van der Waals surface area contributed by atoms with Gasteiger partial charge in [0, 0.05) is 7.05 Å². The molecule has 1 N–H and O–H groups in total. The summed E-state index contributed by atoms with van der Waals surface area (Å²) in [5.74, 6) is 0.689. The molecule has 0 bridgehead atoms. The van der Waals surface area contributed by atoms with Crippen LogP contribution in [0.15, 0.2) is 24.3 Å². The van der Waals surface area contributed by atoms with Crippen molar-refractivity contribution < 1.29 is 9.53 Å². The first-order valence-electron chi connectivity index (χ1n) is 5.13. The fourth-order valence-corrected chi connectivity index (χ4v) is 1.33. The Balaban J connectivity index is 2.75. The highest BCUT2D eigenvalue weighted by Gasteiger charge is 2.16. The summed E-state index contributed by atoms with van der Waals surface area (Å²) in [7, 11) is 1.62. The smallest absolute Gasteiger partial charge is 0.260 e. The Bertz CT molecular complexity index is 336. The monoisotopic (exact) mass is 207 g/mol. The average Bonchev–Trinajstić information content (AvgIpc) is 2.27. The molecule has 1 aromatic rings. The SMILES string of the molecule is CCC(Oc1ccccc1C)C(=O)NC. The molecule has 82 valence electrons. The van der Waals surface area contributed by atoms with Gasteiger partial charge in [-0.1, -0.05) is 25.1 Å². The van der Waals surface area contributed by atoms with E-state index in [1.54, 1.807) is 7.05 Å². The van der Waals surface area contributed by atoms with Crippen LogP contribution in [0.1, 0.15) is 18.9 Å². The zero-order valence-electron chi connectivity index (χ0n) is 9.41. The van der Waals surface area contributed by atoms with Crippen molar-refractivity contribution in [2.24, 2.45) is 0 Å². The molecule has 0 aromatic heterocycles. The predicted molar refractivity (Wildman–Crippen MR) is 60.0 cm³/mol. The van der Waals surface area contributed by atoms with Gasteiger partial charge in [0.2, 0.25) is 0 Å². The molecule has 1 aromatic carbocycles. The maximum Gasteiger partial charge on any atom is 0.260 e. The van der Waals surface area contributed by atoms with E-state index >= 15 is 0 Å². The highest BCUT2D eigenvalue weighted by molar-refractivity contribution is 5.80. The number of amides is 1. The van der Waals surface area contributed by atoms with E-state index in [2.05, 4.69) is 5.32 Å². The van der Waals surface area contributed by atoms with Gasteiger partial charge in [-0.15, -0.1) is 0 Å². The second-order valence-electron chi connectivity index (χ2n) is 3.39. The molecule has 0 saturated carbocycles. The number of ether oxygens (including phenoxy) is 1. The van der Waals surface area contributed by atoms with Gasteiger partial charge in [-0.05, 0) is 25.0 Å². The number of carbonyl (C=O) groups is 1. The molecule has 1 rings (SSSR count). The summed E-state index contributed by atoms with van der Waals surface area (Å²) in [6.45, 7) is 3.89. The fraction of sp³-hybridized carbons (Fsp3) is 0.417. The molecule has 0 fully saturated rings. The Morgan fingerprint density at radius 1 is 1.47 bits per heavy atom. The lowest BCUT2D eigenvalue weighted by Gasteiger charge is -2.17. The number of likely N-dealkylation sites (N-methyl/N-ethyl adjacent to an activating group) is 1. The van der Waals surface area contributed by atoms with Gasteiger partial charge in [-0.2, -0.15) is 0 Å². The lowest BCUT2D eigenvalue weighted by atomic mass is 10.2. The van der Waals surface area contributed by atoms with E-state index in [0.717, 1.165) is 11.3 Å². The molecule has 3 nitrogen and oxygen atoms in total. The number of hydrogen-bond acceptors (Lipinski definition) is 2. The van der Waals surface area contributed by atoms with Crippen molar-refractivity contribution in [2.75, 3.05) is 7.05 Å². The third kappa shape index (κ3) is 2.98. The largest absolute Gasteiger partial charge is 0.480 e. The molecule has 0 aliphatic heterocycles. The zero-order valence-corrected chi connectivity index (χ0v) is 9.41. The van der Waals surface area contributed by atoms with Gasteiger partial charge < -0.3 is 10.1 Å². The first kappa shape index (κ1) is 11.6. The normalized spacial score (nSPS) is 11.9. The van der Waals surface area contributed by atoms with Gasteiger partial charge in [0.25, 0.3) is 5.91 Å². The molecule has 3 heteroatoms. The lowest BCUT2D eigenvalue weighted by Crippen LogP contribution is -2.35. The van der Waals surface area contributed by atoms with Crippen LogP contribution in [0, 0.1) is 6.92 Å². The highest BCUT2D eigenvalue weighted by Crippen LogP contribution is 2.18. The van der Waals surface area contributed by atoms with E-state index in [1.807, 2.05) is 38.1 Å². The molecule has 0 saturated heterocycles. The minimum atomic E-state index is -0.406. The number of rotatable bonds is 4. The molecular formula is C12H17NO2. The van der Waals surface area contributed by atoms with E-state index in [4.69, 9.17) is 4.74 Å². The molecule has 0 aliphatic rings. The molecular weight excluding hydrogens is 190 g/mol. The Labute approximate surface area is 90.4 Å². The minimum absolute atomic E-state index is 0.0826. The summed E-state index contributed by atoms with van der Waals surface area (Å²) in [5, 5.41) is 2.59. The van der Waals surface area contributed by atoms with Crippen molar-refractivity contribution >= 4 is 5.91 Å². The summed E-state index contributed by atoms with van der Waals surface area (Å²) in [4.78, 5) is 11.4. The van der Waals surface area contributed by atoms with Crippen molar-refractivity contribution in [3.63, 3.8) is 0 Å². The zero-order chi connectivity index (χ0) is 11.3. The number of nitrogens with one attached hydrogen (secondary N) is 1. The summed E-state index contributed by atoms with van der Waals surface area (Å²) in [6, 6.07) is 7.69. The van der Waals surface area contributed by atoms with E-state index < -0.39 is 6.10 Å². The Hall–Kier alpha value is -1.51. The van der Waals surface area contributed by atoms with Crippen molar-refractivity contribution in [1.82, 2.24) is 5.32 Å². The number of carbonyl (C=O) groups excluding carboxylic acids is 1. The van der Waals surface area contributed by atoms with Crippen LogP contribution in [0.2, 0.25) is 0 Å². The van der Waals surface area contributed by atoms with Gasteiger partial charge in [-0.3, -0.25) is 4.79 Å². The molecule has 15 heavy (non-hydrogen) atoms. The average molecular weight is 207 g/mol. The van der Waals surface area contributed by atoms with Crippen LogP contribution in [0.5, 0.6) is 5.75 Å². The maximum atomic E-state index is 11.4. The summed E-state index contributed by atoms with van der Waals surface area (Å²) < 4.78 is 5.64. The number of aryl methyl sites for hydroxylation is 1. The van der Waals surface area contributed by atoms with Crippen LogP contribution >= 0.6 is 0 Å². The second-order valence-corrected chi connectivity index (χ2v) is 3.39. The number of para-hydroxylation sites is 1. The van der Waals surface area contributed by atoms with Crippen LogP contribution < -0.4 is 10.1 Å². The van der Waals surface area contributed by atoms with Crippen molar-refractivity contribution in [2.45, 2.75) is 26.4 Å². The summed E-state index contributed by atoms with van der Waals surface area (Å²) in [5.41, 5.74) is 1.04. The van der Waals surface area contributed by atoms with Gasteiger partial charge in [0.1, 0.15) is 5.75 Å². The molecule has 1 amide bonds. The summed E-state index contributed by atoms with van der Waals surface area (Å²) >= 11 is 0. The maximum absolute atomic E-state index is 11.4. The van der Waals surface area contributed by atoms with Crippen LogP contribution in [-0.4, -0.2) is 19.1 Å². The van der Waals surface area contributed by atoms with Crippen LogP contribution in [0.25, 0.3) is 0 Å². The first-order chi connectivity index (χ1) is 7.19. The van der Waals surface area contributed by atoms with Crippen LogP contribution in [0.3, 0.4) is 0 Å². The van der Waals surface area contributed by atoms with Gasteiger partial charge in [0.15, 0.2) is 6.10 Å².